The third-order valence-electron chi connectivity index (χ3n) is 5.48. The number of fused-ring (bicyclic) bond motifs is 1. The maximum atomic E-state index is 13.5. The van der Waals surface area contributed by atoms with Crippen LogP contribution in [0.3, 0.4) is 0 Å². The van der Waals surface area contributed by atoms with Gasteiger partial charge in [0, 0.05) is 30.1 Å². The summed E-state index contributed by atoms with van der Waals surface area (Å²) in [7, 11) is 1.62. The average Bonchev–Trinajstić information content (AvgIpc) is 3.41. The molecule has 2 amide bonds. The van der Waals surface area contributed by atoms with Gasteiger partial charge < -0.3 is 19.9 Å². The fourth-order valence-electron chi connectivity index (χ4n) is 3.93. The Bertz CT molecular complexity index is 1370. The van der Waals surface area contributed by atoms with Crippen molar-refractivity contribution in [3.8, 4) is 17.1 Å². The largest absolute Gasteiger partial charge is 0.497 e. The van der Waals surface area contributed by atoms with E-state index in [4.69, 9.17) is 9.72 Å². The van der Waals surface area contributed by atoms with Crippen molar-refractivity contribution in [2.24, 2.45) is 0 Å². The normalized spacial score (nSPS) is 11.9. The molecule has 0 aliphatic rings. The summed E-state index contributed by atoms with van der Waals surface area (Å²) in [6, 6.07) is 10.9. The summed E-state index contributed by atoms with van der Waals surface area (Å²) in [5.74, 6) is 0.951. The molecule has 0 bridgehead atoms. The predicted molar refractivity (Wildman–Crippen MR) is 134 cm³/mol. The van der Waals surface area contributed by atoms with Gasteiger partial charge in [0.05, 0.1) is 40.5 Å². The Balaban J connectivity index is 1.85. The zero-order valence-electron chi connectivity index (χ0n) is 19.8. The minimum absolute atomic E-state index is 0.222. The van der Waals surface area contributed by atoms with E-state index in [1.165, 1.54) is 6.92 Å². The van der Waals surface area contributed by atoms with E-state index in [0.717, 1.165) is 22.0 Å². The maximum Gasteiger partial charge on any atom is 0.254 e. The Morgan fingerprint density at radius 3 is 2.65 bits per heavy atom. The molecule has 2 heterocycles. The summed E-state index contributed by atoms with van der Waals surface area (Å²) in [6.45, 7) is 7.88. The van der Waals surface area contributed by atoms with Crippen LogP contribution in [0.25, 0.3) is 22.4 Å². The number of benzene rings is 2. The molecule has 2 aromatic heterocycles. The molecule has 8 nitrogen and oxygen atoms in total. The van der Waals surface area contributed by atoms with E-state index < -0.39 is 0 Å². The summed E-state index contributed by atoms with van der Waals surface area (Å²) in [5.41, 5.74) is 3.95. The van der Waals surface area contributed by atoms with Crippen LogP contribution in [0.5, 0.6) is 5.75 Å². The monoisotopic (exact) mass is 477 g/mol. The summed E-state index contributed by atoms with van der Waals surface area (Å²) < 4.78 is 7.39. The van der Waals surface area contributed by atoms with Gasteiger partial charge in [-0.15, -0.1) is 11.3 Å². The number of nitrogens with zero attached hydrogens (tertiary/aromatic N) is 3. The van der Waals surface area contributed by atoms with E-state index in [0.29, 0.717) is 34.7 Å². The van der Waals surface area contributed by atoms with Gasteiger partial charge in [0.25, 0.3) is 5.91 Å². The molecule has 34 heavy (non-hydrogen) atoms. The van der Waals surface area contributed by atoms with Gasteiger partial charge >= 0.3 is 0 Å². The zero-order chi connectivity index (χ0) is 24.4. The molecule has 0 unspecified atom stereocenters. The third kappa shape index (κ3) is 4.65. The molecular formula is C25H27N5O3S. The van der Waals surface area contributed by atoms with Gasteiger partial charge in [-0.3, -0.25) is 9.59 Å². The molecular weight excluding hydrogens is 450 g/mol. The first-order valence-electron chi connectivity index (χ1n) is 11.0. The van der Waals surface area contributed by atoms with E-state index in [9.17, 15) is 9.59 Å². The lowest BCUT2D eigenvalue weighted by Gasteiger charge is -2.15. The van der Waals surface area contributed by atoms with E-state index in [1.807, 2.05) is 55.0 Å². The molecule has 9 heteroatoms. The molecule has 176 valence electrons. The number of carbonyl (C=O) groups excluding carboxylic acids is 2. The first-order valence-corrected chi connectivity index (χ1v) is 11.9. The van der Waals surface area contributed by atoms with E-state index >= 15 is 0 Å². The van der Waals surface area contributed by atoms with Crippen molar-refractivity contribution in [2.75, 3.05) is 12.4 Å². The lowest BCUT2D eigenvalue weighted by molar-refractivity contribution is -0.114. The highest BCUT2D eigenvalue weighted by Crippen LogP contribution is 2.32. The van der Waals surface area contributed by atoms with Crippen LogP contribution in [0.2, 0.25) is 0 Å². The van der Waals surface area contributed by atoms with Gasteiger partial charge in [0.15, 0.2) is 0 Å². The molecule has 4 aromatic rings. The number of hydrogen-bond donors (Lipinski definition) is 2. The lowest BCUT2D eigenvalue weighted by Crippen LogP contribution is -2.27. The average molecular weight is 478 g/mol. The van der Waals surface area contributed by atoms with Gasteiger partial charge in [0.1, 0.15) is 11.6 Å². The van der Waals surface area contributed by atoms with Crippen molar-refractivity contribution in [3.63, 3.8) is 0 Å². The minimum atomic E-state index is -0.271. The molecule has 2 N–H and O–H groups in total. The fourth-order valence-corrected chi connectivity index (χ4v) is 4.64. The molecule has 0 radical (unpaired) electrons. The van der Waals surface area contributed by atoms with Gasteiger partial charge in [-0.1, -0.05) is 12.1 Å². The number of nitrogens with one attached hydrogen (secondary N) is 2. The number of carbonyl (C=O) groups is 2. The number of ether oxygens (including phenoxy) is 1. The highest BCUT2D eigenvalue weighted by Gasteiger charge is 2.22. The SMILES string of the molecule is CCn1c(-c2cccc(OC)c2)nc2cc(NC(C)=O)cc(C(=O)N[C@H](C)c3csc(C)n3)c21. The number of aromatic nitrogens is 3. The Morgan fingerprint density at radius 1 is 1.21 bits per heavy atom. The Hall–Kier alpha value is -3.72. The third-order valence-corrected chi connectivity index (χ3v) is 6.27. The second-order valence-corrected chi connectivity index (χ2v) is 9.03. The Morgan fingerprint density at radius 2 is 2.00 bits per heavy atom. The van der Waals surface area contributed by atoms with Crippen molar-refractivity contribution >= 4 is 39.9 Å². The van der Waals surface area contributed by atoms with Crippen LogP contribution >= 0.6 is 11.3 Å². The van der Waals surface area contributed by atoms with Crippen LogP contribution in [0, 0.1) is 6.92 Å². The van der Waals surface area contributed by atoms with Gasteiger partial charge in [0.2, 0.25) is 5.91 Å². The number of aryl methyl sites for hydroxylation is 2. The molecule has 4 rings (SSSR count). The molecule has 0 spiro atoms. The number of anilines is 1. The number of imidazole rings is 1. The van der Waals surface area contributed by atoms with Crippen molar-refractivity contribution in [3.05, 3.63) is 58.0 Å². The first-order chi connectivity index (χ1) is 16.3. The second kappa shape index (κ2) is 9.64. The van der Waals surface area contributed by atoms with Gasteiger partial charge in [-0.25, -0.2) is 9.97 Å². The second-order valence-electron chi connectivity index (χ2n) is 7.97. The maximum absolute atomic E-state index is 13.5. The highest BCUT2D eigenvalue weighted by molar-refractivity contribution is 7.09. The zero-order valence-corrected chi connectivity index (χ0v) is 20.6. The summed E-state index contributed by atoms with van der Waals surface area (Å²) >= 11 is 1.54. The van der Waals surface area contributed by atoms with E-state index in [1.54, 1.807) is 30.6 Å². The number of thiazole rings is 1. The Labute approximate surface area is 202 Å². The summed E-state index contributed by atoms with van der Waals surface area (Å²) in [5, 5.41) is 8.72. The number of methoxy groups -OCH3 is 1. The minimum Gasteiger partial charge on any atom is -0.497 e. The fraction of sp³-hybridized carbons (Fsp3) is 0.280. The molecule has 2 aromatic carbocycles. The molecule has 0 aliphatic heterocycles. The summed E-state index contributed by atoms with van der Waals surface area (Å²) in [4.78, 5) is 34.6. The van der Waals surface area contributed by atoms with Crippen LogP contribution in [0.1, 0.15) is 47.9 Å². The lowest BCUT2D eigenvalue weighted by atomic mass is 10.1. The smallest absolute Gasteiger partial charge is 0.254 e. The van der Waals surface area contributed by atoms with Crippen LogP contribution in [-0.2, 0) is 11.3 Å². The summed E-state index contributed by atoms with van der Waals surface area (Å²) in [6.07, 6.45) is 0. The molecule has 0 saturated heterocycles. The predicted octanol–water partition coefficient (Wildman–Crippen LogP) is 4.95. The van der Waals surface area contributed by atoms with Crippen molar-refractivity contribution in [1.29, 1.82) is 0 Å². The van der Waals surface area contributed by atoms with Crippen LogP contribution in [-0.4, -0.2) is 33.5 Å². The van der Waals surface area contributed by atoms with Crippen molar-refractivity contribution < 1.29 is 14.3 Å². The topological polar surface area (TPSA) is 98.1 Å². The van der Waals surface area contributed by atoms with E-state index in [-0.39, 0.29) is 17.9 Å². The highest BCUT2D eigenvalue weighted by atomic mass is 32.1. The molecule has 0 saturated carbocycles. The molecule has 1 atom stereocenters. The van der Waals surface area contributed by atoms with Crippen LogP contribution in [0.15, 0.2) is 41.8 Å². The van der Waals surface area contributed by atoms with Gasteiger partial charge in [-0.05, 0) is 45.0 Å². The standard InChI is InChI=1S/C25H27N5O3S/c1-6-30-23-20(25(32)26-14(2)22-13-34-16(4)28-22)11-18(27-15(3)31)12-21(23)29-24(30)17-8-7-9-19(10-17)33-5/h7-14H,6H2,1-5H3,(H,26,32)(H,27,31)/t14-/m1/s1. The Kier molecular flexibility index (Phi) is 6.65. The number of rotatable bonds is 7. The molecule has 0 fully saturated rings. The van der Waals surface area contributed by atoms with Crippen molar-refractivity contribution in [2.45, 2.75) is 40.3 Å². The van der Waals surface area contributed by atoms with Crippen LogP contribution in [0.4, 0.5) is 5.69 Å². The van der Waals surface area contributed by atoms with E-state index in [2.05, 4.69) is 15.6 Å². The van der Waals surface area contributed by atoms with Crippen LogP contribution < -0.4 is 15.4 Å². The number of hydrogen-bond acceptors (Lipinski definition) is 6. The quantitative estimate of drug-likeness (QED) is 0.393. The number of amides is 2. The van der Waals surface area contributed by atoms with Crippen molar-refractivity contribution in [1.82, 2.24) is 19.9 Å². The molecule has 0 aliphatic carbocycles. The van der Waals surface area contributed by atoms with Gasteiger partial charge in [-0.2, -0.15) is 0 Å². The first kappa shape index (κ1) is 23.4.